The Morgan fingerprint density at radius 2 is 2.05 bits per heavy atom. The van der Waals surface area contributed by atoms with Crippen molar-refractivity contribution in [1.82, 2.24) is 10.6 Å². The van der Waals surface area contributed by atoms with E-state index in [9.17, 15) is 9.59 Å². The molecule has 0 spiro atoms. The lowest BCUT2D eigenvalue weighted by molar-refractivity contribution is -0.123. The lowest BCUT2D eigenvalue weighted by Crippen LogP contribution is -2.58. The van der Waals surface area contributed by atoms with Gasteiger partial charge in [-0.3, -0.25) is 4.79 Å². The molecule has 1 fully saturated rings. The van der Waals surface area contributed by atoms with Gasteiger partial charge in [-0.25, -0.2) is 4.79 Å². The van der Waals surface area contributed by atoms with E-state index in [1.54, 1.807) is 7.11 Å². The second kappa shape index (κ2) is 7.15. The number of primary amides is 1. The van der Waals surface area contributed by atoms with Crippen LogP contribution >= 0.6 is 0 Å². The van der Waals surface area contributed by atoms with E-state index >= 15 is 0 Å². The normalized spacial score (nSPS) is 16.0. The van der Waals surface area contributed by atoms with Gasteiger partial charge in [-0.05, 0) is 37.0 Å². The molecule has 6 nitrogen and oxygen atoms in total. The quantitative estimate of drug-likeness (QED) is 0.740. The summed E-state index contributed by atoms with van der Waals surface area (Å²) in [5.41, 5.74) is 5.64. The second-order valence-electron chi connectivity index (χ2n) is 5.64. The molecular weight excluding hydrogens is 282 g/mol. The first-order valence-electron chi connectivity index (χ1n) is 7.54. The lowest BCUT2D eigenvalue weighted by atomic mass is 9.97. The van der Waals surface area contributed by atoms with Crippen LogP contribution in [0.5, 0.6) is 5.75 Å². The maximum Gasteiger partial charge on any atom is 0.315 e. The van der Waals surface area contributed by atoms with Crippen LogP contribution in [0.2, 0.25) is 0 Å². The molecule has 0 aliphatic heterocycles. The molecule has 120 valence electrons. The minimum atomic E-state index is -0.875. The molecule has 1 aromatic carbocycles. The van der Waals surface area contributed by atoms with Crippen molar-refractivity contribution in [2.45, 2.75) is 37.6 Å². The molecule has 2 rings (SSSR count). The van der Waals surface area contributed by atoms with Gasteiger partial charge in [0.25, 0.3) is 0 Å². The van der Waals surface area contributed by atoms with E-state index < -0.39 is 11.4 Å². The van der Waals surface area contributed by atoms with E-state index in [1.807, 2.05) is 24.3 Å². The number of rotatable bonds is 6. The smallest absolute Gasteiger partial charge is 0.315 e. The molecule has 6 heteroatoms. The number of ether oxygens (including phenoxy) is 1. The number of nitrogens with one attached hydrogen (secondary N) is 2. The first kappa shape index (κ1) is 16.1. The Kier molecular flexibility index (Phi) is 5.25. The van der Waals surface area contributed by atoms with Gasteiger partial charge < -0.3 is 21.1 Å². The first-order valence-corrected chi connectivity index (χ1v) is 7.54. The summed E-state index contributed by atoms with van der Waals surface area (Å²) in [6.45, 7) is 0.480. The summed E-state index contributed by atoms with van der Waals surface area (Å²) in [5.74, 6) is 0.341. The SMILES string of the molecule is COc1cccc(CCNC(=O)NC2(C(N)=O)CCCC2)c1. The van der Waals surface area contributed by atoms with Crippen molar-refractivity contribution in [3.63, 3.8) is 0 Å². The van der Waals surface area contributed by atoms with E-state index in [0.29, 0.717) is 25.8 Å². The zero-order valence-electron chi connectivity index (χ0n) is 12.9. The predicted molar refractivity (Wildman–Crippen MR) is 83.6 cm³/mol. The lowest BCUT2D eigenvalue weighted by Gasteiger charge is -2.26. The van der Waals surface area contributed by atoms with Gasteiger partial charge >= 0.3 is 6.03 Å². The fourth-order valence-electron chi connectivity index (χ4n) is 2.82. The van der Waals surface area contributed by atoms with Gasteiger partial charge in [0.1, 0.15) is 11.3 Å². The summed E-state index contributed by atoms with van der Waals surface area (Å²) in [6.07, 6.45) is 3.74. The summed E-state index contributed by atoms with van der Waals surface area (Å²) in [7, 11) is 1.62. The van der Waals surface area contributed by atoms with Crippen molar-refractivity contribution in [1.29, 1.82) is 0 Å². The highest BCUT2D eigenvalue weighted by Gasteiger charge is 2.40. The second-order valence-corrected chi connectivity index (χ2v) is 5.64. The summed E-state index contributed by atoms with van der Waals surface area (Å²) in [5, 5.41) is 5.53. The average Bonchev–Trinajstić information content (AvgIpc) is 2.97. The van der Waals surface area contributed by atoms with Crippen LogP contribution in [0.15, 0.2) is 24.3 Å². The molecule has 0 atom stereocenters. The van der Waals surface area contributed by atoms with E-state index in [-0.39, 0.29) is 6.03 Å². The minimum absolute atomic E-state index is 0.344. The highest BCUT2D eigenvalue weighted by molar-refractivity contribution is 5.90. The molecule has 1 aromatic rings. The van der Waals surface area contributed by atoms with Crippen LogP contribution in [-0.2, 0) is 11.2 Å². The van der Waals surface area contributed by atoms with Crippen molar-refractivity contribution in [3.8, 4) is 5.75 Å². The summed E-state index contributed by atoms with van der Waals surface area (Å²) in [6, 6.07) is 7.35. The third-order valence-electron chi connectivity index (χ3n) is 4.11. The van der Waals surface area contributed by atoms with Crippen LogP contribution in [0, 0.1) is 0 Å². The Labute approximate surface area is 130 Å². The molecule has 0 saturated heterocycles. The van der Waals surface area contributed by atoms with Gasteiger partial charge in [-0.2, -0.15) is 0 Å². The average molecular weight is 305 g/mol. The fourth-order valence-corrected chi connectivity index (χ4v) is 2.82. The molecule has 22 heavy (non-hydrogen) atoms. The van der Waals surface area contributed by atoms with Crippen molar-refractivity contribution in [2.75, 3.05) is 13.7 Å². The summed E-state index contributed by atoms with van der Waals surface area (Å²) in [4.78, 5) is 23.6. The number of nitrogens with two attached hydrogens (primary N) is 1. The first-order chi connectivity index (χ1) is 10.6. The number of urea groups is 1. The van der Waals surface area contributed by atoms with Crippen molar-refractivity contribution >= 4 is 11.9 Å². The van der Waals surface area contributed by atoms with E-state index in [2.05, 4.69) is 10.6 Å². The van der Waals surface area contributed by atoms with Gasteiger partial charge in [-0.15, -0.1) is 0 Å². The van der Waals surface area contributed by atoms with Crippen LogP contribution in [0.3, 0.4) is 0 Å². The van der Waals surface area contributed by atoms with Gasteiger partial charge in [0, 0.05) is 6.54 Å². The van der Waals surface area contributed by atoms with Crippen LogP contribution < -0.4 is 21.1 Å². The fraction of sp³-hybridized carbons (Fsp3) is 0.500. The maximum atomic E-state index is 12.0. The number of hydrogen-bond donors (Lipinski definition) is 3. The van der Waals surface area contributed by atoms with Crippen LogP contribution in [-0.4, -0.2) is 31.1 Å². The van der Waals surface area contributed by atoms with Crippen LogP contribution in [0.4, 0.5) is 4.79 Å². The molecule has 1 saturated carbocycles. The number of carbonyl (C=O) groups excluding carboxylic acids is 2. The highest BCUT2D eigenvalue weighted by Crippen LogP contribution is 2.29. The zero-order chi connectivity index (χ0) is 16.0. The molecule has 1 aliphatic carbocycles. The number of carbonyl (C=O) groups is 2. The predicted octanol–water partition coefficient (Wildman–Crippen LogP) is 1.33. The maximum absolute atomic E-state index is 12.0. The molecule has 0 bridgehead atoms. The number of amides is 3. The summed E-state index contributed by atoms with van der Waals surface area (Å²) >= 11 is 0. The largest absolute Gasteiger partial charge is 0.497 e. The standard InChI is InChI=1S/C16H23N3O3/c1-22-13-6-4-5-12(11-13)7-10-18-15(21)19-16(14(17)20)8-2-3-9-16/h4-6,11H,2-3,7-10H2,1H3,(H2,17,20)(H2,18,19,21). The third kappa shape index (κ3) is 3.90. The van der Waals surface area contributed by atoms with Gasteiger partial charge in [0.05, 0.1) is 7.11 Å². The topological polar surface area (TPSA) is 93.4 Å². The van der Waals surface area contributed by atoms with Gasteiger partial charge in [-0.1, -0.05) is 25.0 Å². The third-order valence-corrected chi connectivity index (χ3v) is 4.11. The molecule has 0 unspecified atom stereocenters. The molecule has 0 radical (unpaired) electrons. The molecule has 4 N–H and O–H groups in total. The number of methoxy groups -OCH3 is 1. The number of hydrogen-bond acceptors (Lipinski definition) is 3. The van der Waals surface area contributed by atoms with Crippen LogP contribution in [0.1, 0.15) is 31.2 Å². The Hall–Kier alpha value is -2.24. The van der Waals surface area contributed by atoms with Crippen molar-refractivity contribution < 1.29 is 14.3 Å². The molecule has 1 aliphatic rings. The minimum Gasteiger partial charge on any atom is -0.497 e. The Balaban J connectivity index is 1.81. The molecule has 0 heterocycles. The van der Waals surface area contributed by atoms with Crippen molar-refractivity contribution in [3.05, 3.63) is 29.8 Å². The molecule has 3 amide bonds. The van der Waals surface area contributed by atoms with Crippen LogP contribution in [0.25, 0.3) is 0 Å². The zero-order valence-corrected chi connectivity index (χ0v) is 12.9. The number of benzene rings is 1. The Morgan fingerprint density at radius 1 is 1.32 bits per heavy atom. The highest BCUT2D eigenvalue weighted by atomic mass is 16.5. The van der Waals surface area contributed by atoms with E-state index in [0.717, 1.165) is 24.2 Å². The molecule has 0 aromatic heterocycles. The summed E-state index contributed by atoms with van der Waals surface area (Å²) < 4.78 is 5.16. The van der Waals surface area contributed by atoms with E-state index in [4.69, 9.17) is 10.5 Å². The Morgan fingerprint density at radius 3 is 2.68 bits per heavy atom. The van der Waals surface area contributed by atoms with E-state index in [1.165, 1.54) is 0 Å². The Bertz CT molecular complexity index is 539. The van der Waals surface area contributed by atoms with Crippen molar-refractivity contribution in [2.24, 2.45) is 5.73 Å². The monoisotopic (exact) mass is 305 g/mol. The van der Waals surface area contributed by atoms with Gasteiger partial charge in [0.2, 0.25) is 5.91 Å². The van der Waals surface area contributed by atoms with Gasteiger partial charge in [0.15, 0.2) is 0 Å². The molecular formula is C16H23N3O3.